The van der Waals surface area contributed by atoms with Crippen LogP contribution in [0.2, 0.25) is 0 Å². The maximum absolute atomic E-state index is 14.2. The van der Waals surface area contributed by atoms with Crippen molar-refractivity contribution in [3.8, 4) is 0 Å². The molecule has 0 radical (unpaired) electrons. The summed E-state index contributed by atoms with van der Waals surface area (Å²) in [7, 11) is 0. The van der Waals surface area contributed by atoms with E-state index >= 15 is 0 Å². The highest BCUT2D eigenvalue weighted by atomic mass is 19.1. The minimum absolute atomic E-state index is 0. The zero-order valence-electron chi connectivity index (χ0n) is 19.0. The van der Waals surface area contributed by atoms with Gasteiger partial charge in [-0.25, -0.2) is 4.39 Å². The standard InChI is InChI=1S/C25H37FN2O2.H2/c1-18(29)5-8-23(30)27-22-9-10-25(21-17-19(26)6-7-20(21)22)12-15-28(16-13-25)14-11-24(2,3)4;/h6-7,17,22H,5,8-16H2,1-4H3,(H,27,30);1H/t22-;/m0./s1. The van der Waals surface area contributed by atoms with Crippen LogP contribution in [-0.4, -0.2) is 36.2 Å². The Morgan fingerprint density at radius 3 is 2.53 bits per heavy atom. The number of benzene rings is 1. The van der Waals surface area contributed by atoms with Gasteiger partial charge in [-0.1, -0.05) is 26.8 Å². The second kappa shape index (κ2) is 9.17. The Morgan fingerprint density at radius 2 is 1.90 bits per heavy atom. The molecule has 0 unspecified atom stereocenters. The maximum atomic E-state index is 14.2. The summed E-state index contributed by atoms with van der Waals surface area (Å²) >= 11 is 0. The fourth-order valence-corrected chi connectivity index (χ4v) is 4.93. The van der Waals surface area contributed by atoms with Gasteiger partial charge in [-0.15, -0.1) is 0 Å². The van der Waals surface area contributed by atoms with Crippen LogP contribution >= 0.6 is 0 Å². The van der Waals surface area contributed by atoms with Gasteiger partial charge in [0.15, 0.2) is 0 Å². The van der Waals surface area contributed by atoms with Gasteiger partial charge in [-0.05, 0) is 92.8 Å². The largest absolute Gasteiger partial charge is 0.349 e. The second-order valence-corrected chi connectivity index (χ2v) is 10.5. The topological polar surface area (TPSA) is 49.4 Å². The Labute approximate surface area is 182 Å². The van der Waals surface area contributed by atoms with Crippen LogP contribution in [0.25, 0.3) is 0 Å². The van der Waals surface area contributed by atoms with Crippen molar-refractivity contribution < 1.29 is 15.4 Å². The number of piperidine rings is 1. The van der Waals surface area contributed by atoms with Gasteiger partial charge < -0.3 is 15.0 Å². The van der Waals surface area contributed by atoms with Crippen molar-refractivity contribution in [2.45, 2.75) is 84.1 Å². The molecule has 1 aromatic carbocycles. The number of halogens is 1. The van der Waals surface area contributed by atoms with Gasteiger partial charge in [0.05, 0.1) is 6.04 Å². The first kappa shape index (κ1) is 22.9. The molecule has 1 spiro atoms. The number of Topliss-reactive ketones (excluding diaryl/α,β-unsaturated/α-hetero) is 1. The summed E-state index contributed by atoms with van der Waals surface area (Å²) in [5.74, 6) is -0.279. The van der Waals surface area contributed by atoms with Crippen LogP contribution in [0.15, 0.2) is 18.2 Å². The minimum Gasteiger partial charge on any atom is -0.349 e. The van der Waals surface area contributed by atoms with E-state index in [2.05, 4.69) is 31.0 Å². The number of nitrogens with zero attached hydrogens (tertiary/aromatic N) is 1. The van der Waals surface area contributed by atoms with Gasteiger partial charge in [0.1, 0.15) is 11.6 Å². The van der Waals surface area contributed by atoms with Crippen molar-refractivity contribution >= 4 is 11.7 Å². The van der Waals surface area contributed by atoms with Gasteiger partial charge in [0.2, 0.25) is 5.91 Å². The molecule has 1 fully saturated rings. The Bertz CT molecular complexity index is 782. The summed E-state index contributed by atoms with van der Waals surface area (Å²) in [6.07, 6.45) is 5.58. The molecule has 1 N–H and O–H groups in total. The lowest BCUT2D eigenvalue weighted by atomic mass is 9.63. The predicted octanol–water partition coefficient (Wildman–Crippen LogP) is 5.16. The van der Waals surface area contributed by atoms with Crippen molar-refractivity contribution in [2.75, 3.05) is 19.6 Å². The van der Waals surface area contributed by atoms with Crippen LogP contribution in [0.3, 0.4) is 0 Å². The lowest BCUT2D eigenvalue weighted by Crippen LogP contribution is -2.46. The molecular weight excluding hydrogens is 379 g/mol. The number of hydrogen-bond acceptors (Lipinski definition) is 3. The van der Waals surface area contributed by atoms with Gasteiger partial charge in [-0.2, -0.15) is 0 Å². The summed E-state index contributed by atoms with van der Waals surface area (Å²) in [6, 6.07) is 4.97. The van der Waals surface area contributed by atoms with Crippen molar-refractivity contribution in [1.29, 1.82) is 0 Å². The van der Waals surface area contributed by atoms with E-state index in [0.717, 1.165) is 56.4 Å². The van der Waals surface area contributed by atoms with Crippen LogP contribution in [0.1, 0.15) is 91.2 Å². The SMILES string of the molecule is CC(=O)CCC(=O)N[C@H]1CCC2(CCN(CCC(C)(C)C)CC2)c2cc(F)ccc21.[HH]. The molecule has 1 aliphatic heterocycles. The number of amides is 1. The molecule has 0 aromatic heterocycles. The monoisotopic (exact) mass is 418 g/mol. The number of nitrogens with one attached hydrogen (secondary N) is 1. The fourth-order valence-electron chi connectivity index (χ4n) is 4.93. The molecule has 1 heterocycles. The highest BCUT2D eigenvalue weighted by molar-refractivity contribution is 5.83. The van der Waals surface area contributed by atoms with Crippen LogP contribution in [-0.2, 0) is 15.0 Å². The summed E-state index contributed by atoms with van der Waals surface area (Å²) in [4.78, 5) is 26.0. The van der Waals surface area contributed by atoms with E-state index < -0.39 is 0 Å². The minimum atomic E-state index is -0.202. The Balaban J connectivity index is 0.00000341. The average molecular weight is 419 g/mol. The van der Waals surface area contributed by atoms with E-state index in [1.165, 1.54) is 19.4 Å². The van der Waals surface area contributed by atoms with E-state index in [4.69, 9.17) is 0 Å². The van der Waals surface area contributed by atoms with Crippen LogP contribution < -0.4 is 5.32 Å². The molecule has 5 heteroatoms. The fraction of sp³-hybridized carbons (Fsp3) is 0.680. The zero-order chi connectivity index (χ0) is 21.9. The number of rotatable bonds is 6. The van der Waals surface area contributed by atoms with Gasteiger partial charge in [0.25, 0.3) is 0 Å². The third-order valence-corrected chi connectivity index (χ3v) is 6.90. The molecule has 0 bridgehead atoms. The first-order valence-electron chi connectivity index (χ1n) is 11.4. The number of likely N-dealkylation sites (tertiary alicyclic amines) is 1. The zero-order valence-corrected chi connectivity index (χ0v) is 19.0. The highest BCUT2D eigenvalue weighted by Gasteiger charge is 2.42. The smallest absolute Gasteiger partial charge is 0.220 e. The highest BCUT2D eigenvalue weighted by Crippen LogP contribution is 2.48. The Hall–Kier alpha value is -1.75. The maximum Gasteiger partial charge on any atom is 0.220 e. The quantitative estimate of drug-likeness (QED) is 0.694. The third-order valence-electron chi connectivity index (χ3n) is 6.90. The van der Waals surface area contributed by atoms with Crippen molar-refractivity contribution in [2.24, 2.45) is 5.41 Å². The van der Waals surface area contributed by atoms with Crippen LogP contribution in [0.5, 0.6) is 0 Å². The molecule has 1 atom stereocenters. The van der Waals surface area contributed by atoms with E-state index in [1.54, 1.807) is 6.07 Å². The van der Waals surface area contributed by atoms with Crippen molar-refractivity contribution in [3.05, 3.63) is 35.1 Å². The summed E-state index contributed by atoms with van der Waals surface area (Å²) in [6.45, 7) is 11.5. The van der Waals surface area contributed by atoms with Crippen molar-refractivity contribution in [1.82, 2.24) is 10.2 Å². The van der Waals surface area contributed by atoms with E-state index in [-0.39, 0.29) is 43.2 Å². The summed E-state index contributed by atoms with van der Waals surface area (Å²) in [5, 5.41) is 3.09. The van der Waals surface area contributed by atoms with Gasteiger partial charge >= 0.3 is 0 Å². The lowest BCUT2D eigenvalue weighted by molar-refractivity contribution is -0.125. The molecule has 1 amide bonds. The van der Waals surface area contributed by atoms with E-state index in [9.17, 15) is 14.0 Å². The molecule has 30 heavy (non-hydrogen) atoms. The number of carbonyl (C=O) groups is 2. The Kier molecular flexibility index (Phi) is 7.01. The van der Waals surface area contributed by atoms with Crippen LogP contribution in [0, 0.1) is 11.2 Å². The third kappa shape index (κ3) is 5.69. The van der Waals surface area contributed by atoms with E-state index in [1.807, 2.05) is 6.07 Å². The predicted molar refractivity (Wildman–Crippen MR) is 120 cm³/mol. The first-order chi connectivity index (χ1) is 14.1. The first-order valence-corrected chi connectivity index (χ1v) is 11.4. The molecule has 0 saturated carbocycles. The van der Waals surface area contributed by atoms with Gasteiger partial charge in [-0.3, -0.25) is 4.79 Å². The van der Waals surface area contributed by atoms with Gasteiger partial charge in [0, 0.05) is 14.3 Å². The summed E-state index contributed by atoms with van der Waals surface area (Å²) in [5.41, 5.74) is 2.49. The molecule has 1 saturated heterocycles. The number of fused-ring (bicyclic) bond motifs is 2. The molecule has 3 rings (SSSR count). The molecule has 1 aromatic rings. The number of hydrogen-bond donors (Lipinski definition) is 1. The Morgan fingerprint density at radius 1 is 1.20 bits per heavy atom. The second-order valence-electron chi connectivity index (χ2n) is 10.5. The number of ketones is 1. The normalized spacial score (nSPS) is 21.3. The summed E-state index contributed by atoms with van der Waals surface area (Å²) < 4.78 is 14.2. The molecule has 168 valence electrons. The number of carbonyl (C=O) groups excluding carboxylic acids is 2. The lowest BCUT2D eigenvalue weighted by Gasteiger charge is -2.47. The molecule has 4 nitrogen and oxygen atoms in total. The average Bonchev–Trinajstić information content (AvgIpc) is 2.68. The van der Waals surface area contributed by atoms with E-state index in [0.29, 0.717) is 5.41 Å². The molecule has 1 aliphatic carbocycles. The molecule has 2 aliphatic rings. The van der Waals surface area contributed by atoms with Crippen molar-refractivity contribution in [3.63, 3.8) is 0 Å². The van der Waals surface area contributed by atoms with Crippen LogP contribution in [0.4, 0.5) is 4.39 Å². The molecular formula is C25H39FN2O2.